The van der Waals surface area contributed by atoms with Crippen LogP contribution in [0.25, 0.3) is 0 Å². The van der Waals surface area contributed by atoms with Crippen molar-refractivity contribution < 1.29 is 0 Å². The van der Waals surface area contributed by atoms with Crippen molar-refractivity contribution in [2.24, 2.45) is 5.92 Å². The second-order valence-corrected chi connectivity index (χ2v) is 6.44. The molecule has 0 saturated carbocycles. The van der Waals surface area contributed by atoms with Gasteiger partial charge in [-0.05, 0) is 63.7 Å². The second kappa shape index (κ2) is 7.24. The molecule has 3 unspecified atom stereocenters. The Balaban J connectivity index is 1.90. The number of nitrogens with zero attached hydrogens (tertiary/aromatic N) is 1. The first-order valence-corrected chi connectivity index (χ1v) is 8.13. The van der Waals surface area contributed by atoms with Gasteiger partial charge < -0.3 is 10.2 Å². The lowest BCUT2D eigenvalue weighted by atomic mass is 9.91. The molecule has 0 amide bonds. The van der Waals surface area contributed by atoms with Gasteiger partial charge in [0.1, 0.15) is 0 Å². The monoisotopic (exact) mass is 274 g/mol. The molecule has 1 fully saturated rings. The zero-order valence-corrected chi connectivity index (χ0v) is 13.5. The van der Waals surface area contributed by atoms with E-state index in [0.29, 0.717) is 12.1 Å². The zero-order valence-electron chi connectivity index (χ0n) is 13.5. The van der Waals surface area contributed by atoms with Crippen LogP contribution >= 0.6 is 0 Å². The smallest absolute Gasteiger partial charge is 0.0294 e. The van der Waals surface area contributed by atoms with Crippen LogP contribution in [0.15, 0.2) is 24.3 Å². The van der Waals surface area contributed by atoms with Crippen molar-refractivity contribution in [3.8, 4) is 0 Å². The lowest BCUT2D eigenvalue weighted by Crippen LogP contribution is -2.43. The van der Waals surface area contributed by atoms with Crippen LogP contribution < -0.4 is 5.32 Å². The number of nitrogens with one attached hydrogen (secondary N) is 1. The maximum atomic E-state index is 3.80. The summed E-state index contributed by atoms with van der Waals surface area (Å²) < 4.78 is 0. The molecular formula is C18H30N2. The molecule has 1 saturated heterocycles. The van der Waals surface area contributed by atoms with Gasteiger partial charge in [0.25, 0.3) is 0 Å². The van der Waals surface area contributed by atoms with Crippen LogP contribution in [0.3, 0.4) is 0 Å². The van der Waals surface area contributed by atoms with Crippen LogP contribution in [0.2, 0.25) is 0 Å². The minimum Gasteiger partial charge on any atom is -0.307 e. The van der Waals surface area contributed by atoms with Crippen molar-refractivity contribution in [2.75, 3.05) is 20.1 Å². The first-order chi connectivity index (χ1) is 9.60. The van der Waals surface area contributed by atoms with Gasteiger partial charge >= 0.3 is 0 Å². The van der Waals surface area contributed by atoms with Crippen molar-refractivity contribution in [3.05, 3.63) is 35.4 Å². The van der Waals surface area contributed by atoms with Gasteiger partial charge in [-0.15, -0.1) is 0 Å². The number of likely N-dealkylation sites (tertiary alicyclic amines) is 1. The highest BCUT2D eigenvalue weighted by Crippen LogP contribution is 2.21. The van der Waals surface area contributed by atoms with Gasteiger partial charge in [-0.1, -0.05) is 31.2 Å². The summed E-state index contributed by atoms with van der Waals surface area (Å²) in [7, 11) is 2.24. The van der Waals surface area contributed by atoms with Gasteiger partial charge in [0.15, 0.2) is 0 Å². The van der Waals surface area contributed by atoms with Crippen molar-refractivity contribution >= 4 is 0 Å². The van der Waals surface area contributed by atoms with Crippen molar-refractivity contribution in [1.82, 2.24) is 10.2 Å². The molecule has 112 valence electrons. The third-order valence-corrected chi connectivity index (χ3v) is 4.77. The van der Waals surface area contributed by atoms with Gasteiger partial charge in [-0.3, -0.25) is 0 Å². The van der Waals surface area contributed by atoms with Crippen LogP contribution in [0.1, 0.15) is 50.8 Å². The number of piperidine rings is 1. The molecule has 0 aliphatic carbocycles. The highest BCUT2D eigenvalue weighted by molar-refractivity contribution is 5.24. The van der Waals surface area contributed by atoms with Gasteiger partial charge in [0, 0.05) is 18.6 Å². The van der Waals surface area contributed by atoms with Gasteiger partial charge in [0.2, 0.25) is 0 Å². The standard InChI is InChI=1S/C18H30N2/c1-5-16-8-10-17(11-9-16)14(2)19-15(3)18-7-6-12-20(4)13-18/h8-11,14-15,18-19H,5-7,12-13H2,1-4H3. The molecule has 3 atom stereocenters. The van der Waals surface area contributed by atoms with E-state index >= 15 is 0 Å². The molecule has 0 bridgehead atoms. The predicted octanol–water partition coefficient (Wildman–Crippen LogP) is 3.63. The van der Waals surface area contributed by atoms with Crippen LogP contribution in [0.5, 0.6) is 0 Å². The summed E-state index contributed by atoms with van der Waals surface area (Å²) in [4.78, 5) is 2.47. The Morgan fingerprint density at radius 2 is 1.95 bits per heavy atom. The lowest BCUT2D eigenvalue weighted by molar-refractivity contribution is 0.174. The SMILES string of the molecule is CCc1ccc(C(C)NC(C)C2CCCN(C)C2)cc1. The Labute approximate surface area is 124 Å². The molecule has 0 radical (unpaired) electrons. The number of hydrogen-bond acceptors (Lipinski definition) is 2. The van der Waals surface area contributed by atoms with Crippen LogP contribution in [0, 0.1) is 5.92 Å². The lowest BCUT2D eigenvalue weighted by Gasteiger charge is -2.35. The Morgan fingerprint density at radius 3 is 2.55 bits per heavy atom. The minimum atomic E-state index is 0.433. The zero-order chi connectivity index (χ0) is 14.5. The Hall–Kier alpha value is -0.860. The highest BCUT2D eigenvalue weighted by Gasteiger charge is 2.23. The number of benzene rings is 1. The van der Waals surface area contributed by atoms with E-state index in [0.717, 1.165) is 12.3 Å². The molecule has 1 aromatic carbocycles. The fourth-order valence-corrected chi connectivity index (χ4v) is 3.28. The van der Waals surface area contributed by atoms with Crippen LogP contribution in [-0.2, 0) is 6.42 Å². The predicted molar refractivity (Wildman–Crippen MR) is 87.1 cm³/mol. The van der Waals surface area contributed by atoms with E-state index in [1.165, 1.54) is 37.1 Å². The van der Waals surface area contributed by atoms with Gasteiger partial charge in [-0.25, -0.2) is 0 Å². The molecule has 1 N–H and O–H groups in total. The largest absolute Gasteiger partial charge is 0.307 e. The van der Waals surface area contributed by atoms with E-state index in [-0.39, 0.29) is 0 Å². The first-order valence-electron chi connectivity index (χ1n) is 8.13. The van der Waals surface area contributed by atoms with Crippen LogP contribution in [-0.4, -0.2) is 31.1 Å². The van der Waals surface area contributed by atoms with Crippen LogP contribution in [0.4, 0.5) is 0 Å². The molecule has 2 rings (SSSR count). The second-order valence-electron chi connectivity index (χ2n) is 6.44. The quantitative estimate of drug-likeness (QED) is 0.882. The van der Waals surface area contributed by atoms with E-state index in [2.05, 4.69) is 62.3 Å². The van der Waals surface area contributed by atoms with Crippen molar-refractivity contribution in [3.63, 3.8) is 0 Å². The molecule has 20 heavy (non-hydrogen) atoms. The first kappa shape index (κ1) is 15.5. The summed E-state index contributed by atoms with van der Waals surface area (Å²) in [6, 6.07) is 10.1. The normalized spacial score (nSPS) is 23.5. The Morgan fingerprint density at radius 1 is 1.25 bits per heavy atom. The summed E-state index contributed by atoms with van der Waals surface area (Å²) in [5, 5.41) is 3.80. The van der Waals surface area contributed by atoms with Gasteiger partial charge in [-0.2, -0.15) is 0 Å². The van der Waals surface area contributed by atoms with E-state index in [1.807, 2.05) is 0 Å². The molecule has 1 aromatic rings. The summed E-state index contributed by atoms with van der Waals surface area (Å²) in [6.45, 7) is 9.33. The maximum Gasteiger partial charge on any atom is 0.0294 e. The topological polar surface area (TPSA) is 15.3 Å². The van der Waals surface area contributed by atoms with Crippen molar-refractivity contribution in [1.29, 1.82) is 0 Å². The molecular weight excluding hydrogens is 244 g/mol. The van der Waals surface area contributed by atoms with E-state index in [1.54, 1.807) is 0 Å². The van der Waals surface area contributed by atoms with E-state index in [4.69, 9.17) is 0 Å². The summed E-state index contributed by atoms with van der Waals surface area (Å²) in [5.41, 5.74) is 2.82. The summed E-state index contributed by atoms with van der Waals surface area (Å²) in [5.74, 6) is 0.783. The van der Waals surface area contributed by atoms with E-state index < -0.39 is 0 Å². The minimum absolute atomic E-state index is 0.433. The average molecular weight is 274 g/mol. The molecule has 2 nitrogen and oxygen atoms in total. The molecule has 0 spiro atoms. The number of hydrogen-bond donors (Lipinski definition) is 1. The molecule has 1 heterocycles. The summed E-state index contributed by atoms with van der Waals surface area (Å²) in [6.07, 6.45) is 3.82. The Bertz CT molecular complexity index is 398. The third kappa shape index (κ3) is 4.07. The fourth-order valence-electron chi connectivity index (χ4n) is 3.28. The molecule has 1 aliphatic rings. The van der Waals surface area contributed by atoms with E-state index in [9.17, 15) is 0 Å². The molecule has 2 heteroatoms. The average Bonchev–Trinajstić information content (AvgIpc) is 2.47. The fraction of sp³-hybridized carbons (Fsp3) is 0.667. The summed E-state index contributed by atoms with van der Waals surface area (Å²) >= 11 is 0. The molecule has 0 aromatic heterocycles. The third-order valence-electron chi connectivity index (χ3n) is 4.77. The Kier molecular flexibility index (Phi) is 5.62. The number of aryl methyl sites for hydroxylation is 1. The molecule has 1 aliphatic heterocycles. The highest BCUT2D eigenvalue weighted by atomic mass is 15.1. The maximum absolute atomic E-state index is 3.80. The van der Waals surface area contributed by atoms with Gasteiger partial charge in [0.05, 0.1) is 0 Å². The number of rotatable bonds is 5. The van der Waals surface area contributed by atoms with Crippen molar-refractivity contribution in [2.45, 2.75) is 52.1 Å².